The van der Waals surface area contributed by atoms with Crippen LogP contribution in [0.15, 0.2) is 36.5 Å². The molecule has 0 radical (unpaired) electrons. The first-order chi connectivity index (χ1) is 40.0. The van der Waals surface area contributed by atoms with Gasteiger partial charge in [0.25, 0.3) is 0 Å². The Morgan fingerprint density at radius 3 is 0.988 bits per heavy atom. The zero-order valence-corrected chi connectivity index (χ0v) is 54.8. The van der Waals surface area contributed by atoms with Crippen molar-refractivity contribution in [2.45, 2.75) is 418 Å². The number of ether oxygens (including phenoxy) is 1. The van der Waals surface area contributed by atoms with Crippen molar-refractivity contribution in [1.29, 1.82) is 0 Å². The standard InChI is InChI=1S/C75H143NO5/c1-3-5-7-9-11-13-15-16-17-18-19-35-38-41-44-48-51-55-59-63-67-73(78)72(71-77)76-74(79)68-64-60-56-52-49-45-42-39-36-33-31-29-27-25-23-21-20-22-24-26-28-30-32-34-37-40-43-46-50-54-58-62-66-70-81-75(80)69-65-61-57-53-47-14-12-10-8-6-4-2/h10,12,24,26,30,32,72-73,77-78H,3-9,11,13-23,25,27-29,31,33-71H2,1-2H3,(H,76,79)/b12-10-,26-24-,32-30-. The summed E-state index contributed by atoms with van der Waals surface area (Å²) in [6.45, 7) is 4.95. The molecule has 0 bridgehead atoms. The lowest BCUT2D eigenvalue weighted by atomic mass is 10.0. The molecule has 0 heterocycles. The maximum absolute atomic E-state index is 12.5. The summed E-state index contributed by atoms with van der Waals surface area (Å²) in [5.41, 5.74) is 0. The highest BCUT2D eigenvalue weighted by molar-refractivity contribution is 5.76. The van der Waals surface area contributed by atoms with Crippen molar-refractivity contribution >= 4 is 11.9 Å². The Morgan fingerprint density at radius 2 is 0.630 bits per heavy atom. The third kappa shape index (κ3) is 67.1. The number of rotatable bonds is 69. The largest absolute Gasteiger partial charge is 0.466 e. The number of hydrogen-bond acceptors (Lipinski definition) is 5. The van der Waals surface area contributed by atoms with E-state index in [0.717, 1.165) is 51.4 Å². The van der Waals surface area contributed by atoms with Crippen molar-refractivity contribution < 1.29 is 24.5 Å². The molecule has 6 nitrogen and oxygen atoms in total. The fourth-order valence-electron chi connectivity index (χ4n) is 11.5. The van der Waals surface area contributed by atoms with E-state index in [1.165, 1.54) is 321 Å². The van der Waals surface area contributed by atoms with E-state index in [1.54, 1.807) is 0 Å². The molecule has 1 amide bonds. The van der Waals surface area contributed by atoms with Crippen LogP contribution in [0.4, 0.5) is 0 Å². The highest BCUT2D eigenvalue weighted by atomic mass is 16.5. The minimum absolute atomic E-state index is 0.00341. The lowest BCUT2D eigenvalue weighted by molar-refractivity contribution is -0.143. The number of nitrogens with one attached hydrogen (secondary N) is 1. The van der Waals surface area contributed by atoms with Crippen LogP contribution >= 0.6 is 0 Å². The summed E-state index contributed by atoms with van der Waals surface area (Å²) >= 11 is 0. The minimum atomic E-state index is -0.664. The first kappa shape index (κ1) is 79.1. The molecular formula is C75H143NO5. The summed E-state index contributed by atoms with van der Waals surface area (Å²) in [4.78, 5) is 24.5. The second-order valence-corrected chi connectivity index (χ2v) is 25.3. The number of unbranched alkanes of at least 4 members (excludes halogenated alkanes) is 52. The summed E-state index contributed by atoms with van der Waals surface area (Å²) in [5.74, 6) is -0.0254. The van der Waals surface area contributed by atoms with E-state index in [-0.39, 0.29) is 18.5 Å². The van der Waals surface area contributed by atoms with Crippen LogP contribution in [0.5, 0.6) is 0 Å². The van der Waals surface area contributed by atoms with Gasteiger partial charge in [-0.05, 0) is 77.0 Å². The van der Waals surface area contributed by atoms with Gasteiger partial charge in [0, 0.05) is 12.8 Å². The minimum Gasteiger partial charge on any atom is -0.466 e. The van der Waals surface area contributed by atoms with Gasteiger partial charge in [-0.25, -0.2) is 0 Å². The van der Waals surface area contributed by atoms with Crippen molar-refractivity contribution in [3.63, 3.8) is 0 Å². The predicted molar refractivity (Wildman–Crippen MR) is 356 cm³/mol. The van der Waals surface area contributed by atoms with Gasteiger partial charge < -0.3 is 20.3 Å². The predicted octanol–water partition coefficient (Wildman–Crippen LogP) is 23.9. The van der Waals surface area contributed by atoms with Crippen molar-refractivity contribution in [2.24, 2.45) is 0 Å². The third-order valence-electron chi connectivity index (χ3n) is 17.2. The molecule has 0 fully saturated rings. The van der Waals surface area contributed by atoms with E-state index in [4.69, 9.17) is 4.74 Å². The number of hydrogen-bond donors (Lipinski definition) is 3. The SMILES string of the molecule is CCCC/C=C\CCCCCCCC(=O)OCCCCCCCCCCC/C=C\C/C=C\CCCCCCCCCCCCCCCCCCCC(=O)NC(CO)C(O)CCCCCCCCCCCCCCCCCCCCCC. The lowest BCUT2D eigenvalue weighted by Crippen LogP contribution is -2.45. The molecule has 3 N–H and O–H groups in total. The first-order valence-electron chi connectivity index (χ1n) is 36.7. The van der Waals surface area contributed by atoms with Crippen LogP contribution in [-0.2, 0) is 14.3 Å². The van der Waals surface area contributed by atoms with E-state index >= 15 is 0 Å². The highest BCUT2D eigenvalue weighted by Crippen LogP contribution is 2.19. The van der Waals surface area contributed by atoms with E-state index in [2.05, 4.69) is 55.6 Å². The molecule has 2 unspecified atom stereocenters. The molecule has 0 saturated heterocycles. The topological polar surface area (TPSA) is 95.9 Å². The number of aliphatic hydroxyl groups is 2. The molecule has 6 heteroatoms. The second kappa shape index (κ2) is 70.6. The van der Waals surface area contributed by atoms with Gasteiger partial charge in [0.1, 0.15) is 0 Å². The van der Waals surface area contributed by atoms with Crippen molar-refractivity contribution in [3.8, 4) is 0 Å². The molecule has 0 aliphatic heterocycles. The Bertz CT molecular complexity index is 1310. The fourth-order valence-corrected chi connectivity index (χ4v) is 11.5. The number of carbonyl (C=O) groups excluding carboxylic acids is 2. The summed E-state index contributed by atoms with van der Waals surface area (Å²) in [7, 11) is 0. The Morgan fingerprint density at radius 1 is 0.346 bits per heavy atom. The van der Waals surface area contributed by atoms with Crippen LogP contribution in [0.2, 0.25) is 0 Å². The summed E-state index contributed by atoms with van der Waals surface area (Å²) in [6, 6.07) is -0.541. The smallest absolute Gasteiger partial charge is 0.305 e. The molecule has 0 aromatic heterocycles. The number of aliphatic hydroxyl groups excluding tert-OH is 2. The lowest BCUT2D eigenvalue weighted by Gasteiger charge is -2.22. The van der Waals surface area contributed by atoms with Crippen LogP contribution in [0.1, 0.15) is 406 Å². The second-order valence-electron chi connectivity index (χ2n) is 25.3. The molecule has 478 valence electrons. The van der Waals surface area contributed by atoms with Crippen molar-refractivity contribution in [1.82, 2.24) is 5.32 Å². The first-order valence-corrected chi connectivity index (χ1v) is 36.7. The van der Waals surface area contributed by atoms with Crippen molar-refractivity contribution in [3.05, 3.63) is 36.5 Å². The number of allylic oxidation sites excluding steroid dienone is 6. The summed E-state index contributed by atoms with van der Waals surface area (Å²) in [5, 5.41) is 23.4. The van der Waals surface area contributed by atoms with Crippen LogP contribution in [0.25, 0.3) is 0 Å². The van der Waals surface area contributed by atoms with Gasteiger partial charge in [0.05, 0.1) is 25.4 Å². The van der Waals surface area contributed by atoms with Crippen LogP contribution in [0.3, 0.4) is 0 Å². The van der Waals surface area contributed by atoms with Crippen LogP contribution < -0.4 is 5.32 Å². The summed E-state index contributed by atoms with van der Waals surface area (Å²) in [6.07, 6.45) is 90.7. The number of carbonyl (C=O) groups is 2. The number of amides is 1. The van der Waals surface area contributed by atoms with Gasteiger partial charge in [0.2, 0.25) is 5.91 Å². The van der Waals surface area contributed by atoms with Gasteiger partial charge in [-0.1, -0.05) is 352 Å². The normalized spacial score (nSPS) is 12.7. The maximum atomic E-state index is 12.5. The third-order valence-corrected chi connectivity index (χ3v) is 17.2. The van der Waals surface area contributed by atoms with Gasteiger partial charge in [0.15, 0.2) is 0 Å². The van der Waals surface area contributed by atoms with Crippen LogP contribution in [-0.4, -0.2) is 47.4 Å². The Kier molecular flexibility index (Phi) is 68.9. The number of esters is 1. The van der Waals surface area contributed by atoms with Gasteiger partial charge in [-0.15, -0.1) is 0 Å². The molecule has 0 aliphatic rings. The average Bonchev–Trinajstić information content (AvgIpc) is 3.47. The molecule has 2 atom stereocenters. The molecule has 0 saturated carbocycles. The van der Waals surface area contributed by atoms with Crippen LogP contribution in [0, 0.1) is 0 Å². The molecule has 81 heavy (non-hydrogen) atoms. The molecule has 0 rings (SSSR count). The van der Waals surface area contributed by atoms with Crippen molar-refractivity contribution in [2.75, 3.05) is 13.2 Å². The Balaban J connectivity index is 3.39. The van der Waals surface area contributed by atoms with Gasteiger partial charge in [-0.2, -0.15) is 0 Å². The fraction of sp³-hybridized carbons (Fsp3) is 0.893. The quantitative estimate of drug-likeness (QED) is 0.0320. The molecule has 0 aromatic carbocycles. The monoisotopic (exact) mass is 1140 g/mol. The highest BCUT2D eigenvalue weighted by Gasteiger charge is 2.20. The molecule has 0 aliphatic carbocycles. The zero-order valence-electron chi connectivity index (χ0n) is 54.8. The maximum Gasteiger partial charge on any atom is 0.305 e. The zero-order chi connectivity index (χ0) is 58.5. The Labute approximate surface area is 506 Å². The molecule has 0 aromatic rings. The molecular weight excluding hydrogens is 995 g/mol. The van der Waals surface area contributed by atoms with E-state index in [9.17, 15) is 19.8 Å². The van der Waals surface area contributed by atoms with Gasteiger partial charge in [-0.3, -0.25) is 9.59 Å². The van der Waals surface area contributed by atoms with Gasteiger partial charge >= 0.3 is 5.97 Å². The van der Waals surface area contributed by atoms with E-state index < -0.39 is 12.1 Å². The van der Waals surface area contributed by atoms with E-state index in [0.29, 0.717) is 25.9 Å². The Hall–Kier alpha value is -1.92. The summed E-state index contributed by atoms with van der Waals surface area (Å²) < 4.78 is 5.46. The van der Waals surface area contributed by atoms with E-state index in [1.807, 2.05) is 0 Å². The average molecular weight is 1140 g/mol. The molecule has 0 spiro atoms.